The quantitative estimate of drug-likeness (QED) is 0.732. The van der Waals surface area contributed by atoms with E-state index in [1.54, 1.807) is 6.08 Å². The first-order valence-electron chi connectivity index (χ1n) is 6.22. The monoisotopic (exact) mass is 244 g/mol. The van der Waals surface area contributed by atoms with Crippen molar-refractivity contribution >= 4 is 11.5 Å². The van der Waals surface area contributed by atoms with E-state index < -0.39 is 5.97 Å². The average molecular weight is 244 g/mol. The Labute approximate surface area is 109 Å². The Morgan fingerprint density at radius 1 is 1.39 bits per heavy atom. The van der Waals surface area contributed by atoms with Crippen molar-refractivity contribution in [1.29, 1.82) is 0 Å². The first kappa shape index (κ1) is 14.2. The highest BCUT2D eigenvalue weighted by Gasteiger charge is 2.03. The maximum absolute atomic E-state index is 10.3. The van der Waals surface area contributed by atoms with Crippen LogP contribution in [0.25, 0.3) is 5.57 Å². The molecule has 0 aromatic heterocycles. The van der Waals surface area contributed by atoms with Crippen LogP contribution in [0.5, 0.6) is 0 Å². The van der Waals surface area contributed by atoms with Gasteiger partial charge in [-0.1, -0.05) is 49.9 Å². The third-order valence-corrected chi connectivity index (χ3v) is 2.92. The number of allylic oxidation sites excluding steroid dienone is 2. The smallest absolute Gasteiger partial charge is 0.327 e. The van der Waals surface area contributed by atoms with Gasteiger partial charge in [0, 0.05) is 6.08 Å². The topological polar surface area (TPSA) is 37.3 Å². The number of aliphatic carboxylic acids is 1. The zero-order chi connectivity index (χ0) is 13.4. The molecule has 0 spiro atoms. The molecule has 0 aliphatic carbocycles. The van der Waals surface area contributed by atoms with Gasteiger partial charge in [-0.05, 0) is 36.3 Å². The zero-order valence-electron chi connectivity index (χ0n) is 10.8. The molecule has 0 saturated heterocycles. The maximum atomic E-state index is 10.3. The summed E-state index contributed by atoms with van der Waals surface area (Å²) in [6.07, 6.45) is 5.71. The van der Waals surface area contributed by atoms with E-state index in [1.165, 1.54) is 11.6 Å². The lowest BCUT2D eigenvalue weighted by molar-refractivity contribution is -0.131. The summed E-state index contributed by atoms with van der Waals surface area (Å²) < 4.78 is 0. The summed E-state index contributed by atoms with van der Waals surface area (Å²) in [6, 6.07) is 10.2. The summed E-state index contributed by atoms with van der Waals surface area (Å²) in [5.74, 6) is -0.406. The molecule has 0 bridgehead atoms. The maximum Gasteiger partial charge on any atom is 0.327 e. The molecule has 18 heavy (non-hydrogen) atoms. The number of hydrogen-bond acceptors (Lipinski definition) is 1. The molecule has 1 aromatic rings. The van der Waals surface area contributed by atoms with Gasteiger partial charge in [0.2, 0.25) is 0 Å². The molecule has 1 N–H and O–H groups in total. The van der Waals surface area contributed by atoms with Crippen LogP contribution in [0.15, 0.2) is 49.1 Å². The van der Waals surface area contributed by atoms with Gasteiger partial charge in [0.25, 0.3) is 0 Å². The molecule has 0 radical (unpaired) electrons. The summed E-state index contributed by atoms with van der Waals surface area (Å²) >= 11 is 0. The minimum Gasteiger partial charge on any atom is -0.478 e. The predicted molar refractivity (Wildman–Crippen MR) is 75.3 cm³/mol. The van der Waals surface area contributed by atoms with Crippen molar-refractivity contribution in [3.05, 3.63) is 54.6 Å². The van der Waals surface area contributed by atoms with E-state index in [9.17, 15) is 4.79 Å². The van der Waals surface area contributed by atoms with Crippen molar-refractivity contribution in [2.45, 2.75) is 26.2 Å². The number of hydrogen-bond donors (Lipinski definition) is 1. The van der Waals surface area contributed by atoms with Gasteiger partial charge in [0.15, 0.2) is 0 Å². The first-order valence-corrected chi connectivity index (χ1v) is 6.22. The summed E-state index contributed by atoms with van der Waals surface area (Å²) in [5, 5.41) is 8.49. The molecule has 2 nitrogen and oxygen atoms in total. The van der Waals surface area contributed by atoms with Gasteiger partial charge in [-0.2, -0.15) is 0 Å². The summed E-state index contributed by atoms with van der Waals surface area (Å²) in [6.45, 7) is 6.22. The Kier molecular flexibility index (Phi) is 5.92. The van der Waals surface area contributed by atoms with Crippen LogP contribution in [0.4, 0.5) is 0 Å². The minimum absolute atomic E-state index is 0.473. The largest absolute Gasteiger partial charge is 0.478 e. The second kappa shape index (κ2) is 7.49. The molecular weight excluding hydrogens is 224 g/mol. The normalized spacial score (nSPS) is 12.5. The van der Waals surface area contributed by atoms with E-state index in [0.29, 0.717) is 5.92 Å². The van der Waals surface area contributed by atoms with Gasteiger partial charge in [-0.15, -0.1) is 0 Å². The van der Waals surface area contributed by atoms with Crippen molar-refractivity contribution < 1.29 is 9.90 Å². The highest BCUT2D eigenvalue weighted by molar-refractivity contribution is 5.79. The van der Waals surface area contributed by atoms with Crippen LogP contribution in [0.1, 0.15) is 31.7 Å². The van der Waals surface area contributed by atoms with E-state index in [4.69, 9.17) is 5.11 Å². The van der Waals surface area contributed by atoms with Crippen LogP contribution < -0.4 is 0 Å². The second-order valence-electron chi connectivity index (χ2n) is 4.59. The van der Waals surface area contributed by atoms with Crippen LogP contribution in [-0.2, 0) is 4.79 Å². The van der Waals surface area contributed by atoms with E-state index in [1.807, 2.05) is 18.2 Å². The molecule has 0 heterocycles. The number of carboxylic acids is 1. The van der Waals surface area contributed by atoms with Crippen LogP contribution in [0, 0.1) is 5.92 Å². The Bertz CT molecular complexity index is 418. The molecule has 1 aromatic carbocycles. The lowest BCUT2D eigenvalue weighted by atomic mass is 9.95. The lowest BCUT2D eigenvalue weighted by Crippen LogP contribution is -1.95. The molecule has 0 amide bonds. The third kappa shape index (κ3) is 5.48. The fraction of sp³-hybridized carbons (Fsp3) is 0.312. The second-order valence-corrected chi connectivity index (χ2v) is 4.59. The van der Waals surface area contributed by atoms with Crippen molar-refractivity contribution in [2.75, 3.05) is 0 Å². The van der Waals surface area contributed by atoms with Gasteiger partial charge in [-0.25, -0.2) is 4.79 Å². The lowest BCUT2D eigenvalue weighted by Gasteiger charge is -2.10. The van der Waals surface area contributed by atoms with Gasteiger partial charge < -0.3 is 5.11 Å². The summed E-state index contributed by atoms with van der Waals surface area (Å²) in [7, 11) is 0. The molecular formula is C16H20O2. The fourth-order valence-electron chi connectivity index (χ4n) is 1.76. The average Bonchev–Trinajstić information content (AvgIpc) is 2.36. The van der Waals surface area contributed by atoms with Gasteiger partial charge in [0.1, 0.15) is 0 Å². The van der Waals surface area contributed by atoms with Crippen molar-refractivity contribution in [1.82, 2.24) is 0 Å². The van der Waals surface area contributed by atoms with E-state index in [-0.39, 0.29) is 0 Å². The number of benzene rings is 1. The SMILES string of the molecule is C=C(CCC(C)CC=CC(=O)O)c1ccccc1. The molecule has 0 saturated carbocycles. The van der Waals surface area contributed by atoms with Crippen molar-refractivity contribution in [2.24, 2.45) is 5.92 Å². The van der Waals surface area contributed by atoms with Crippen LogP contribution in [-0.4, -0.2) is 11.1 Å². The Morgan fingerprint density at radius 2 is 2.06 bits per heavy atom. The van der Waals surface area contributed by atoms with Crippen LogP contribution >= 0.6 is 0 Å². The Morgan fingerprint density at radius 3 is 2.67 bits per heavy atom. The molecule has 1 rings (SSSR count). The Hall–Kier alpha value is -1.83. The first-order chi connectivity index (χ1) is 8.59. The molecule has 0 aliphatic heterocycles. The number of carboxylic acid groups (broad SMARTS) is 1. The fourth-order valence-corrected chi connectivity index (χ4v) is 1.76. The predicted octanol–water partition coefficient (Wildman–Crippen LogP) is 4.15. The molecule has 0 fully saturated rings. The summed E-state index contributed by atoms with van der Waals surface area (Å²) in [4.78, 5) is 10.3. The summed E-state index contributed by atoms with van der Waals surface area (Å²) in [5.41, 5.74) is 2.33. The Balaban J connectivity index is 2.32. The zero-order valence-corrected chi connectivity index (χ0v) is 10.8. The molecule has 2 heteroatoms. The third-order valence-electron chi connectivity index (χ3n) is 2.92. The highest BCUT2D eigenvalue weighted by Crippen LogP contribution is 2.21. The van der Waals surface area contributed by atoms with Gasteiger partial charge >= 0.3 is 5.97 Å². The molecule has 1 unspecified atom stereocenters. The van der Waals surface area contributed by atoms with Crippen LogP contribution in [0.3, 0.4) is 0 Å². The standard InChI is InChI=1S/C16H20O2/c1-13(7-6-10-16(17)18)11-12-14(2)15-8-4-3-5-9-15/h3-6,8-10,13H,2,7,11-12H2,1H3,(H,17,18). The van der Waals surface area contributed by atoms with Crippen LogP contribution in [0.2, 0.25) is 0 Å². The van der Waals surface area contributed by atoms with E-state index >= 15 is 0 Å². The highest BCUT2D eigenvalue weighted by atomic mass is 16.4. The van der Waals surface area contributed by atoms with E-state index in [0.717, 1.165) is 24.8 Å². The molecule has 96 valence electrons. The van der Waals surface area contributed by atoms with Gasteiger partial charge in [-0.3, -0.25) is 0 Å². The van der Waals surface area contributed by atoms with Crippen molar-refractivity contribution in [3.63, 3.8) is 0 Å². The van der Waals surface area contributed by atoms with Gasteiger partial charge in [0.05, 0.1) is 0 Å². The molecule has 1 atom stereocenters. The minimum atomic E-state index is -0.879. The van der Waals surface area contributed by atoms with Crippen molar-refractivity contribution in [3.8, 4) is 0 Å². The number of carbonyl (C=O) groups is 1. The van der Waals surface area contributed by atoms with E-state index in [2.05, 4.69) is 25.6 Å². The molecule has 0 aliphatic rings. The number of rotatable bonds is 7.